The molecule has 0 radical (unpaired) electrons. The smallest absolute Gasteiger partial charge is 0.243 e. The first kappa shape index (κ1) is 15.2. The second-order valence-electron chi connectivity index (χ2n) is 4.48. The zero-order valence-corrected chi connectivity index (χ0v) is 12.4. The van der Waals surface area contributed by atoms with Crippen LogP contribution in [0.4, 0.5) is 5.69 Å². The van der Waals surface area contributed by atoms with Crippen molar-refractivity contribution in [3.8, 4) is 0 Å². The van der Waals surface area contributed by atoms with E-state index in [0.29, 0.717) is 13.2 Å². The number of hydrogen-bond acceptors (Lipinski definition) is 5. The van der Waals surface area contributed by atoms with Gasteiger partial charge in [0.25, 0.3) is 0 Å². The number of carbonyl (C=O) groups excluding carboxylic acids is 1. The molecular weight excluding hydrogens is 304 g/mol. The molecule has 1 aromatic rings. The summed E-state index contributed by atoms with van der Waals surface area (Å²) < 4.78 is 28.2. The van der Waals surface area contributed by atoms with Crippen LogP contribution in [-0.4, -0.2) is 46.4 Å². The summed E-state index contributed by atoms with van der Waals surface area (Å²) >= 11 is 5.97. The van der Waals surface area contributed by atoms with E-state index in [1.54, 1.807) is 0 Å². The lowest BCUT2D eigenvalue weighted by atomic mass is 10.2. The van der Waals surface area contributed by atoms with Crippen LogP contribution in [0.1, 0.15) is 0 Å². The van der Waals surface area contributed by atoms with Crippen LogP contribution in [0.25, 0.3) is 0 Å². The largest absolute Gasteiger partial charge is 0.378 e. The Hall–Kier alpha value is -1.15. The standard InChI is InChI=1S/C12H15ClN2O4S/c1-20(17,18)8-2-3-9(13)10(6-8)15-12(16)11-7-19-5-4-14-11/h2-3,6,11,14H,4-5,7H2,1H3,(H,15,16). The molecule has 1 aliphatic rings. The lowest BCUT2D eigenvalue weighted by Gasteiger charge is -2.23. The van der Waals surface area contributed by atoms with E-state index in [4.69, 9.17) is 16.3 Å². The fourth-order valence-electron chi connectivity index (χ4n) is 1.78. The number of morpholine rings is 1. The summed E-state index contributed by atoms with van der Waals surface area (Å²) in [4.78, 5) is 12.1. The monoisotopic (exact) mass is 318 g/mol. The molecule has 1 fully saturated rings. The van der Waals surface area contributed by atoms with E-state index < -0.39 is 15.9 Å². The molecule has 2 rings (SSSR count). The van der Waals surface area contributed by atoms with E-state index in [1.807, 2.05) is 0 Å². The van der Waals surface area contributed by atoms with Gasteiger partial charge in [-0.1, -0.05) is 11.6 Å². The van der Waals surface area contributed by atoms with Gasteiger partial charge < -0.3 is 15.4 Å². The second kappa shape index (κ2) is 6.09. The number of ether oxygens (including phenoxy) is 1. The highest BCUT2D eigenvalue weighted by atomic mass is 35.5. The molecule has 110 valence electrons. The second-order valence-corrected chi connectivity index (χ2v) is 6.91. The zero-order valence-electron chi connectivity index (χ0n) is 10.8. The van der Waals surface area contributed by atoms with Gasteiger partial charge in [0.2, 0.25) is 5.91 Å². The molecule has 8 heteroatoms. The van der Waals surface area contributed by atoms with Crippen LogP contribution < -0.4 is 10.6 Å². The van der Waals surface area contributed by atoms with E-state index in [1.165, 1.54) is 18.2 Å². The maximum absolute atomic E-state index is 12.0. The van der Waals surface area contributed by atoms with Crippen LogP contribution in [0.3, 0.4) is 0 Å². The predicted molar refractivity (Wildman–Crippen MR) is 75.8 cm³/mol. The molecule has 1 unspecified atom stereocenters. The van der Waals surface area contributed by atoms with Crippen LogP contribution in [0.2, 0.25) is 5.02 Å². The van der Waals surface area contributed by atoms with Crippen molar-refractivity contribution >= 4 is 33.0 Å². The molecule has 0 spiro atoms. The Balaban J connectivity index is 2.18. The summed E-state index contributed by atoms with van der Waals surface area (Å²) in [5.41, 5.74) is 0.270. The van der Waals surface area contributed by atoms with E-state index in [0.717, 1.165) is 6.26 Å². The molecule has 6 nitrogen and oxygen atoms in total. The molecule has 2 N–H and O–H groups in total. The molecule has 0 saturated carbocycles. The summed E-state index contributed by atoms with van der Waals surface area (Å²) in [5, 5.41) is 5.90. The fraction of sp³-hybridized carbons (Fsp3) is 0.417. The van der Waals surface area contributed by atoms with Gasteiger partial charge in [-0.25, -0.2) is 8.42 Å². The van der Waals surface area contributed by atoms with Crippen molar-refractivity contribution in [3.05, 3.63) is 23.2 Å². The third-order valence-corrected chi connectivity index (χ3v) is 4.30. The minimum Gasteiger partial charge on any atom is -0.378 e. The Bertz CT molecular complexity index is 612. The minimum atomic E-state index is -3.35. The molecule has 1 aliphatic heterocycles. The van der Waals surface area contributed by atoms with Gasteiger partial charge in [-0.2, -0.15) is 0 Å². The van der Waals surface area contributed by atoms with Crippen molar-refractivity contribution < 1.29 is 17.9 Å². The van der Waals surface area contributed by atoms with Crippen LogP contribution in [-0.2, 0) is 19.4 Å². The Labute approximate surface area is 122 Å². The van der Waals surface area contributed by atoms with Crippen molar-refractivity contribution in [2.45, 2.75) is 10.9 Å². The van der Waals surface area contributed by atoms with E-state index in [-0.39, 0.29) is 28.1 Å². The number of sulfone groups is 1. The molecule has 1 amide bonds. The van der Waals surface area contributed by atoms with Crippen molar-refractivity contribution in [3.63, 3.8) is 0 Å². The van der Waals surface area contributed by atoms with Gasteiger partial charge in [0.05, 0.1) is 28.8 Å². The highest BCUT2D eigenvalue weighted by molar-refractivity contribution is 7.90. The Morgan fingerprint density at radius 2 is 2.25 bits per heavy atom. The number of halogens is 1. The Morgan fingerprint density at radius 1 is 1.50 bits per heavy atom. The predicted octanol–water partition coefficient (Wildman–Crippen LogP) is 0.670. The van der Waals surface area contributed by atoms with Crippen LogP contribution >= 0.6 is 11.6 Å². The number of hydrogen-bond donors (Lipinski definition) is 2. The normalized spacial score (nSPS) is 19.6. The summed E-state index contributed by atoms with van der Waals surface area (Å²) in [6.07, 6.45) is 1.10. The number of anilines is 1. The first-order valence-electron chi connectivity index (χ1n) is 5.99. The lowest BCUT2D eigenvalue weighted by molar-refractivity contribution is -0.120. The average Bonchev–Trinajstić information content (AvgIpc) is 2.41. The molecule has 1 heterocycles. The van der Waals surface area contributed by atoms with Crippen LogP contribution in [0, 0.1) is 0 Å². The SMILES string of the molecule is CS(=O)(=O)c1ccc(Cl)c(NC(=O)C2COCCN2)c1. The highest BCUT2D eigenvalue weighted by Crippen LogP contribution is 2.25. The molecule has 0 aliphatic carbocycles. The lowest BCUT2D eigenvalue weighted by Crippen LogP contribution is -2.48. The van der Waals surface area contributed by atoms with Gasteiger partial charge >= 0.3 is 0 Å². The Kier molecular flexibility index (Phi) is 4.64. The van der Waals surface area contributed by atoms with E-state index in [2.05, 4.69) is 10.6 Å². The number of amides is 1. The van der Waals surface area contributed by atoms with Crippen molar-refractivity contribution in [1.29, 1.82) is 0 Å². The fourth-order valence-corrected chi connectivity index (χ4v) is 2.60. The molecule has 1 atom stereocenters. The molecule has 0 aromatic heterocycles. The summed E-state index contributed by atoms with van der Waals surface area (Å²) in [5.74, 6) is -0.308. The Morgan fingerprint density at radius 3 is 2.85 bits per heavy atom. The summed E-state index contributed by atoms with van der Waals surface area (Å²) in [6.45, 7) is 1.43. The summed E-state index contributed by atoms with van der Waals surface area (Å²) in [6, 6.07) is 3.72. The molecule has 20 heavy (non-hydrogen) atoms. The van der Waals surface area contributed by atoms with Gasteiger partial charge in [0.15, 0.2) is 9.84 Å². The van der Waals surface area contributed by atoms with E-state index >= 15 is 0 Å². The maximum atomic E-state index is 12.0. The molecule has 1 aromatic carbocycles. The van der Waals surface area contributed by atoms with Crippen LogP contribution in [0.5, 0.6) is 0 Å². The van der Waals surface area contributed by atoms with Gasteiger partial charge in [-0.3, -0.25) is 4.79 Å². The third-order valence-electron chi connectivity index (χ3n) is 2.86. The van der Waals surface area contributed by atoms with Gasteiger partial charge in [-0.05, 0) is 18.2 Å². The summed E-state index contributed by atoms with van der Waals surface area (Å²) in [7, 11) is -3.35. The molecule has 0 bridgehead atoms. The topological polar surface area (TPSA) is 84.5 Å². The van der Waals surface area contributed by atoms with Crippen LogP contribution in [0.15, 0.2) is 23.1 Å². The van der Waals surface area contributed by atoms with Crippen molar-refractivity contribution in [1.82, 2.24) is 5.32 Å². The first-order valence-corrected chi connectivity index (χ1v) is 8.26. The van der Waals surface area contributed by atoms with Gasteiger partial charge in [0, 0.05) is 12.8 Å². The van der Waals surface area contributed by atoms with Crippen molar-refractivity contribution in [2.75, 3.05) is 31.3 Å². The number of benzene rings is 1. The number of rotatable bonds is 3. The average molecular weight is 319 g/mol. The van der Waals surface area contributed by atoms with Gasteiger partial charge in [0.1, 0.15) is 6.04 Å². The highest BCUT2D eigenvalue weighted by Gasteiger charge is 2.22. The molecule has 1 saturated heterocycles. The maximum Gasteiger partial charge on any atom is 0.243 e. The number of nitrogens with one attached hydrogen (secondary N) is 2. The minimum absolute atomic E-state index is 0.102. The first-order chi connectivity index (χ1) is 9.38. The third kappa shape index (κ3) is 3.69. The quantitative estimate of drug-likeness (QED) is 0.855. The molecular formula is C12H15ClN2O4S. The zero-order chi connectivity index (χ0) is 14.8. The van der Waals surface area contributed by atoms with E-state index in [9.17, 15) is 13.2 Å². The van der Waals surface area contributed by atoms with Crippen molar-refractivity contribution in [2.24, 2.45) is 0 Å². The van der Waals surface area contributed by atoms with Gasteiger partial charge in [-0.15, -0.1) is 0 Å². The number of carbonyl (C=O) groups is 1.